The van der Waals surface area contributed by atoms with Crippen molar-refractivity contribution < 1.29 is 82.3 Å². The van der Waals surface area contributed by atoms with E-state index < -0.39 is 114 Å². The molecule has 1 spiro atoms. The molecule has 1 saturated heterocycles. The number of benzene rings is 5. The molecular formula is C62H68N12O17. The number of carbonyl (C=O) groups excluding carboxylic acids is 9. The number of ether oxygens (including phenoxy) is 3. The van der Waals surface area contributed by atoms with Gasteiger partial charge < -0.3 is 76.9 Å². The number of fused-ring (bicyclic) bond motifs is 6. The SMILES string of the molecule is CC(C)[C@H](NC(=O)[C@@H]1CCCN1C(=O)[C@H](C)NC(=O)[C@H](C)NC(=O)[C@H](CCCN=C(N)N)NOC(=O)c1ccc(N=Nc2ccc(N(C)C)cc2)cc1)C(=O)N[C@@H](CC(=O)O)C(=O)OC(=O)c1ccc2c(c1)C1(OC2=O)c2ccc(O)cc2Oc2cc(O)ccc21. The number of phenolic OH excluding ortho intramolecular Hbond substituents is 2. The Morgan fingerprint density at radius 2 is 1.32 bits per heavy atom. The number of carboxylic acids is 1. The number of esters is 3. The smallest absolute Gasteiger partial charge is 0.356 e. The number of aromatic hydroxyl groups is 2. The molecule has 478 valence electrons. The molecule has 1 fully saturated rings. The summed E-state index contributed by atoms with van der Waals surface area (Å²) in [5, 5.41) is 48.8. The van der Waals surface area contributed by atoms with Gasteiger partial charge in [-0.25, -0.2) is 19.2 Å². The van der Waals surface area contributed by atoms with Crippen molar-refractivity contribution in [2.24, 2.45) is 32.6 Å². The lowest BCUT2D eigenvalue weighted by atomic mass is 9.77. The molecule has 5 amide bonds. The molecule has 0 bridgehead atoms. The van der Waals surface area contributed by atoms with E-state index in [4.69, 9.17) is 30.5 Å². The van der Waals surface area contributed by atoms with Gasteiger partial charge in [-0.3, -0.25) is 33.8 Å². The average molecular weight is 1250 g/mol. The molecule has 29 heteroatoms. The molecule has 0 radical (unpaired) electrons. The fourth-order valence-corrected chi connectivity index (χ4v) is 10.3. The van der Waals surface area contributed by atoms with Crippen LogP contribution >= 0.6 is 0 Å². The molecule has 29 nitrogen and oxygen atoms in total. The van der Waals surface area contributed by atoms with E-state index in [0.29, 0.717) is 17.8 Å². The number of nitrogens with one attached hydrogen (secondary N) is 5. The summed E-state index contributed by atoms with van der Waals surface area (Å²) in [7, 11) is 3.84. The second-order valence-electron chi connectivity index (χ2n) is 22.2. The number of amides is 5. The maximum Gasteiger partial charge on any atom is 0.356 e. The van der Waals surface area contributed by atoms with Gasteiger partial charge in [-0.1, -0.05) is 13.8 Å². The molecular weight excluding hydrogens is 1180 g/mol. The van der Waals surface area contributed by atoms with Gasteiger partial charge in [0.05, 0.1) is 34.5 Å². The molecule has 0 saturated carbocycles. The minimum absolute atomic E-state index is 0.000276. The van der Waals surface area contributed by atoms with Crippen LogP contribution in [0.15, 0.2) is 118 Å². The molecule has 0 aromatic heterocycles. The highest BCUT2D eigenvalue weighted by molar-refractivity contribution is 6.03. The number of phenols is 2. The average Bonchev–Trinajstić information content (AvgIpc) is 1.62. The lowest BCUT2D eigenvalue weighted by Crippen LogP contribution is -2.59. The summed E-state index contributed by atoms with van der Waals surface area (Å²) < 4.78 is 17.2. The maximum absolute atomic E-state index is 14.0. The van der Waals surface area contributed by atoms with E-state index in [2.05, 4.69) is 42.0 Å². The van der Waals surface area contributed by atoms with Crippen molar-refractivity contribution in [3.63, 3.8) is 0 Å². The lowest BCUT2D eigenvalue weighted by molar-refractivity contribution is -0.148. The van der Waals surface area contributed by atoms with Gasteiger partial charge in [0.15, 0.2) is 11.6 Å². The van der Waals surface area contributed by atoms with Gasteiger partial charge >= 0.3 is 29.8 Å². The number of carboxylic acid groups (broad SMARTS) is 1. The van der Waals surface area contributed by atoms with E-state index in [1.807, 2.05) is 43.3 Å². The third-order valence-corrected chi connectivity index (χ3v) is 15.1. The Labute approximate surface area is 520 Å². The predicted octanol–water partition coefficient (Wildman–Crippen LogP) is 3.72. The highest BCUT2D eigenvalue weighted by Crippen LogP contribution is 2.57. The first-order valence-electron chi connectivity index (χ1n) is 28.8. The molecule has 91 heavy (non-hydrogen) atoms. The predicted molar refractivity (Wildman–Crippen MR) is 323 cm³/mol. The van der Waals surface area contributed by atoms with Crippen molar-refractivity contribution in [3.8, 4) is 23.0 Å². The highest BCUT2D eigenvalue weighted by atomic mass is 16.7. The van der Waals surface area contributed by atoms with Gasteiger partial charge in [-0.15, -0.1) is 5.48 Å². The van der Waals surface area contributed by atoms with E-state index in [1.54, 1.807) is 26.0 Å². The summed E-state index contributed by atoms with van der Waals surface area (Å²) in [5.74, 6) is -11.4. The van der Waals surface area contributed by atoms with Crippen LogP contribution in [0.5, 0.6) is 23.0 Å². The Bertz CT molecular complexity index is 3670. The van der Waals surface area contributed by atoms with Crippen LogP contribution in [0.3, 0.4) is 0 Å². The van der Waals surface area contributed by atoms with E-state index in [1.165, 1.54) is 79.4 Å². The second kappa shape index (κ2) is 28.5. The molecule has 5 aromatic carbocycles. The van der Waals surface area contributed by atoms with Crippen molar-refractivity contribution in [1.29, 1.82) is 0 Å². The Kier molecular flexibility index (Phi) is 20.6. The Morgan fingerprint density at radius 3 is 1.91 bits per heavy atom. The number of guanidine groups is 1. The molecule has 5 aromatic rings. The summed E-state index contributed by atoms with van der Waals surface area (Å²) in [6.07, 6.45) is -0.361. The van der Waals surface area contributed by atoms with Gasteiger partial charge in [-0.05, 0) is 136 Å². The van der Waals surface area contributed by atoms with Crippen LogP contribution in [0.1, 0.15) is 108 Å². The third kappa shape index (κ3) is 15.5. The first-order chi connectivity index (χ1) is 43.2. The van der Waals surface area contributed by atoms with E-state index in [9.17, 15) is 63.3 Å². The molecule has 12 N–H and O–H groups in total. The second-order valence-corrected chi connectivity index (χ2v) is 22.2. The van der Waals surface area contributed by atoms with Crippen LogP contribution in [0.2, 0.25) is 0 Å². The number of hydrogen-bond donors (Lipinski definition) is 10. The van der Waals surface area contributed by atoms with Crippen LogP contribution in [0, 0.1) is 5.92 Å². The van der Waals surface area contributed by atoms with Crippen LogP contribution in [0.25, 0.3) is 0 Å². The number of azo groups is 1. The number of rotatable bonds is 24. The number of carbonyl (C=O) groups is 10. The zero-order valence-corrected chi connectivity index (χ0v) is 50.3. The number of hydrogen-bond acceptors (Lipinski definition) is 21. The fraction of sp³-hybridized carbons (Fsp3) is 0.339. The van der Waals surface area contributed by atoms with E-state index in [-0.39, 0.29) is 94.7 Å². The monoisotopic (exact) mass is 1250 g/mol. The fourth-order valence-electron chi connectivity index (χ4n) is 10.3. The Balaban J connectivity index is 0.860. The third-order valence-electron chi connectivity index (χ3n) is 15.1. The zero-order chi connectivity index (χ0) is 66.0. The minimum Gasteiger partial charge on any atom is -0.508 e. The number of aliphatic carboxylic acids is 1. The van der Waals surface area contributed by atoms with Crippen molar-refractivity contribution >= 4 is 82.4 Å². The Morgan fingerprint density at radius 1 is 0.714 bits per heavy atom. The summed E-state index contributed by atoms with van der Waals surface area (Å²) in [6, 6.07) is 16.7. The van der Waals surface area contributed by atoms with Crippen LogP contribution in [0.4, 0.5) is 17.1 Å². The largest absolute Gasteiger partial charge is 0.508 e. The molecule has 3 aliphatic rings. The molecule has 8 rings (SSSR count). The van der Waals surface area contributed by atoms with Crippen LogP contribution in [-0.4, -0.2) is 149 Å². The van der Waals surface area contributed by atoms with Crippen molar-refractivity contribution in [2.75, 3.05) is 32.1 Å². The number of hydroxylamine groups is 1. The van der Waals surface area contributed by atoms with Gasteiger partial charge in [-0.2, -0.15) is 10.2 Å². The first-order valence-corrected chi connectivity index (χ1v) is 28.8. The summed E-state index contributed by atoms with van der Waals surface area (Å²) in [4.78, 5) is 148. The van der Waals surface area contributed by atoms with Gasteiger partial charge in [0.1, 0.15) is 59.2 Å². The van der Waals surface area contributed by atoms with E-state index >= 15 is 0 Å². The van der Waals surface area contributed by atoms with Gasteiger partial charge in [0.25, 0.3) is 0 Å². The molecule has 3 heterocycles. The minimum atomic E-state index is -2.00. The van der Waals surface area contributed by atoms with Crippen LogP contribution < -0.4 is 47.9 Å². The quantitative estimate of drug-likeness (QED) is 0.00615. The number of nitrogens with zero attached hydrogens (tertiary/aromatic N) is 5. The van der Waals surface area contributed by atoms with Gasteiger partial charge in [0, 0.05) is 61.7 Å². The number of likely N-dealkylation sites (tertiary alicyclic amines) is 1. The van der Waals surface area contributed by atoms with Crippen LogP contribution in [-0.2, 0) is 53.5 Å². The molecule has 3 aliphatic heterocycles. The topological polar surface area (TPSA) is 424 Å². The molecule has 6 atom stereocenters. The van der Waals surface area contributed by atoms with Crippen molar-refractivity contribution in [3.05, 3.63) is 137 Å². The first kappa shape index (κ1) is 66.0. The standard InChI is InChI=1S/C62H68N12O17/c1-31(2)51(55(82)68-46(30-50(77)78)60(87)89-57(84)35-13-22-41-44(27-35)62(90-59(41)86)42-23-20-39(75)28-48(42)88-49-29-40(76)21-24-43(49)62)69-54(81)47-10-8-26-74(47)56(83)33(4)67-52(79)32(3)66-53(80)45(9-7-25-65-61(63)64)72-91-58(85)34-11-14-36(15-12-34)70-71-37-16-18-38(19-17-37)73(5)6/h11-24,27-29,31-33,45-47,51,72,75-76H,7-10,25-26,30H2,1-6H3,(H,66,80)(H,67,79)(H,68,82)(H,69,81)(H,77,78)(H4,63,64,65)/t32-,33-,45-,46-,47-,51-/m0/s1. The summed E-state index contributed by atoms with van der Waals surface area (Å²) in [5.41, 5.74) is 14.0. The lowest BCUT2D eigenvalue weighted by Gasteiger charge is -2.36. The highest BCUT2D eigenvalue weighted by Gasteiger charge is 2.54. The summed E-state index contributed by atoms with van der Waals surface area (Å²) >= 11 is 0. The number of nitrogens with two attached hydrogens (primary N) is 2. The Hall–Kier alpha value is -11.0. The van der Waals surface area contributed by atoms with Crippen molar-refractivity contribution in [1.82, 2.24) is 31.6 Å². The summed E-state index contributed by atoms with van der Waals surface area (Å²) in [6.45, 7) is 5.98. The van der Waals surface area contributed by atoms with Crippen molar-refractivity contribution in [2.45, 2.75) is 102 Å². The number of anilines is 1. The van der Waals surface area contributed by atoms with Gasteiger partial charge in [0.2, 0.25) is 29.5 Å². The molecule has 0 aliphatic carbocycles. The zero-order valence-electron chi connectivity index (χ0n) is 50.3. The normalized spacial score (nSPS) is 15.8. The number of aliphatic imine (C=N–C) groups is 1. The van der Waals surface area contributed by atoms with E-state index in [0.717, 1.165) is 11.8 Å². The molecule has 0 unspecified atom stereocenters. The maximum atomic E-state index is 14.0.